The van der Waals surface area contributed by atoms with E-state index in [9.17, 15) is 9.59 Å². The van der Waals surface area contributed by atoms with Gasteiger partial charge >= 0.3 is 11.8 Å². The molecule has 1 N–H and O–H groups in total. The van der Waals surface area contributed by atoms with Gasteiger partial charge in [0.15, 0.2) is 0 Å². The van der Waals surface area contributed by atoms with E-state index in [1.807, 2.05) is 37.3 Å². The minimum Gasteiger partial charge on any atom is -0.372 e. The van der Waals surface area contributed by atoms with Crippen molar-refractivity contribution >= 4 is 23.2 Å². The molecule has 0 unspecified atom stereocenters. The standard InChI is InChI=1S/C24H32N4O2/c1-4-27(5-2)21-11-12-22(19(3)17-21)25-23(29)24(30)28-15-13-26(14-16-28)18-20-9-7-6-8-10-20/h6-12,17H,4-5,13-16,18H2,1-3H3,(H,25,29). The van der Waals surface area contributed by atoms with Gasteiger partial charge in [0.2, 0.25) is 0 Å². The number of carbonyl (C=O) groups excluding carboxylic acids is 2. The van der Waals surface area contributed by atoms with Gasteiger partial charge in [0.1, 0.15) is 0 Å². The lowest BCUT2D eigenvalue weighted by Crippen LogP contribution is -2.51. The molecule has 2 amide bonds. The summed E-state index contributed by atoms with van der Waals surface area (Å²) in [4.78, 5) is 31.4. The third-order valence-corrected chi connectivity index (χ3v) is 5.69. The van der Waals surface area contributed by atoms with E-state index in [0.29, 0.717) is 18.8 Å². The maximum atomic E-state index is 12.6. The highest BCUT2D eigenvalue weighted by Crippen LogP contribution is 2.23. The van der Waals surface area contributed by atoms with Crippen molar-refractivity contribution < 1.29 is 9.59 Å². The average molecular weight is 409 g/mol. The van der Waals surface area contributed by atoms with Gasteiger partial charge in [0.05, 0.1) is 0 Å². The fraction of sp³-hybridized carbons (Fsp3) is 0.417. The van der Waals surface area contributed by atoms with Crippen LogP contribution in [0.1, 0.15) is 25.0 Å². The molecule has 0 spiro atoms. The molecular weight excluding hydrogens is 376 g/mol. The molecule has 30 heavy (non-hydrogen) atoms. The minimum absolute atomic E-state index is 0.457. The predicted molar refractivity (Wildman–Crippen MR) is 122 cm³/mol. The predicted octanol–water partition coefficient (Wildman–Crippen LogP) is 3.12. The van der Waals surface area contributed by atoms with Crippen LogP contribution >= 0.6 is 0 Å². The molecule has 0 bridgehead atoms. The van der Waals surface area contributed by atoms with Gasteiger partial charge < -0.3 is 15.1 Å². The van der Waals surface area contributed by atoms with E-state index in [2.05, 4.69) is 47.2 Å². The summed E-state index contributed by atoms with van der Waals surface area (Å²) in [5.41, 5.74) is 4.02. The number of benzene rings is 2. The fourth-order valence-electron chi connectivity index (χ4n) is 3.84. The number of nitrogens with zero attached hydrogens (tertiary/aromatic N) is 3. The maximum Gasteiger partial charge on any atom is 0.313 e. The fourth-order valence-corrected chi connectivity index (χ4v) is 3.84. The lowest BCUT2D eigenvalue weighted by atomic mass is 10.1. The molecular formula is C24H32N4O2. The van der Waals surface area contributed by atoms with Gasteiger partial charge in [0, 0.05) is 57.2 Å². The summed E-state index contributed by atoms with van der Waals surface area (Å²) in [7, 11) is 0. The Morgan fingerprint density at radius 3 is 2.23 bits per heavy atom. The van der Waals surface area contributed by atoms with Crippen LogP contribution in [0.3, 0.4) is 0 Å². The third kappa shape index (κ3) is 5.39. The van der Waals surface area contributed by atoms with E-state index in [0.717, 1.165) is 44.0 Å². The van der Waals surface area contributed by atoms with Gasteiger partial charge in [-0.25, -0.2) is 0 Å². The van der Waals surface area contributed by atoms with Crippen LogP contribution < -0.4 is 10.2 Å². The average Bonchev–Trinajstić information content (AvgIpc) is 2.77. The van der Waals surface area contributed by atoms with E-state index in [1.54, 1.807) is 4.90 Å². The van der Waals surface area contributed by atoms with Crippen LogP contribution in [-0.4, -0.2) is 60.9 Å². The summed E-state index contributed by atoms with van der Waals surface area (Å²) in [6.07, 6.45) is 0. The first-order chi connectivity index (χ1) is 14.5. The van der Waals surface area contributed by atoms with Crippen LogP contribution in [0.5, 0.6) is 0 Å². The Bertz CT molecular complexity index is 857. The summed E-state index contributed by atoms with van der Waals surface area (Å²) in [5.74, 6) is -1.02. The van der Waals surface area contributed by atoms with E-state index in [4.69, 9.17) is 0 Å². The molecule has 0 radical (unpaired) electrons. The number of hydrogen-bond acceptors (Lipinski definition) is 4. The van der Waals surface area contributed by atoms with E-state index < -0.39 is 11.8 Å². The van der Waals surface area contributed by atoms with Crippen molar-refractivity contribution in [1.82, 2.24) is 9.80 Å². The van der Waals surface area contributed by atoms with Crippen LogP contribution in [0.2, 0.25) is 0 Å². The Kier molecular flexibility index (Phi) is 7.46. The van der Waals surface area contributed by atoms with E-state index >= 15 is 0 Å². The van der Waals surface area contributed by atoms with Crippen molar-refractivity contribution in [3.05, 3.63) is 59.7 Å². The number of nitrogens with one attached hydrogen (secondary N) is 1. The van der Waals surface area contributed by atoms with Gasteiger partial charge in [-0.3, -0.25) is 14.5 Å². The molecule has 6 heteroatoms. The molecule has 1 fully saturated rings. The normalized spacial score (nSPS) is 14.4. The zero-order valence-corrected chi connectivity index (χ0v) is 18.2. The van der Waals surface area contributed by atoms with Crippen molar-refractivity contribution in [3.8, 4) is 0 Å². The molecule has 6 nitrogen and oxygen atoms in total. The van der Waals surface area contributed by atoms with Gasteiger partial charge in [-0.1, -0.05) is 30.3 Å². The monoisotopic (exact) mass is 408 g/mol. The number of hydrogen-bond donors (Lipinski definition) is 1. The number of rotatable bonds is 6. The minimum atomic E-state index is -0.565. The van der Waals surface area contributed by atoms with Crippen molar-refractivity contribution in [2.45, 2.75) is 27.3 Å². The first-order valence-electron chi connectivity index (χ1n) is 10.7. The van der Waals surface area contributed by atoms with Crippen molar-refractivity contribution in [2.75, 3.05) is 49.5 Å². The summed E-state index contributed by atoms with van der Waals surface area (Å²) >= 11 is 0. The molecule has 1 aliphatic rings. The molecule has 0 aromatic heterocycles. The van der Waals surface area contributed by atoms with E-state index in [1.165, 1.54) is 5.56 Å². The Hall–Kier alpha value is -2.86. The molecule has 0 atom stereocenters. The Balaban J connectivity index is 1.53. The largest absolute Gasteiger partial charge is 0.372 e. The first-order valence-corrected chi connectivity index (χ1v) is 10.7. The summed E-state index contributed by atoms with van der Waals surface area (Å²) in [6, 6.07) is 16.2. The maximum absolute atomic E-state index is 12.6. The Morgan fingerprint density at radius 1 is 0.967 bits per heavy atom. The molecule has 1 aliphatic heterocycles. The number of amides is 2. The van der Waals surface area contributed by atoms with Crippen molar-refractivity contribution in [1.29, 1.82) is 0 Å². The van der Waals surface area contributed by atoms with Crippen LogP contribution in [0, 0.1) is 6.92 Å². The van der Waals surface area contributed by atoms with Gasteiger partial charge in [-0.05, 0) is 50.1 Å². The SMILES string of the molecule is CCN(CC)c1ccc(NC(=O)C(=O)N2CCN(Cc3ccccc3)CC2)c(C)c1. The molecule has 0 saturated carbocycles. The molecule has 1 heterocycles. The van der Waals surface area contributed by atoms with Crippen molar-refractivity contribution in [2.24, 2.45) is 0 Å². The van der Waals surface area contributed by atoms with Gasteiger partial charge in [-0.15, -0.1) is 0 Å². The second-order valence-electron chi connectivity index (χ2n) is 7.68. The highest BCUT2D eigenvalue weighted by molar-refractivity contribution is 6.39. The second-order valence-corrected chi connectivity index (χ2v) is 7.68. The summed E-state index contributed by atoms with van der Waals surface area (Å²) < 4.78 is 0. The topological polar surface area (TPSA) is 55.9 Å². The Morgan fingerprint density at radius 2 is 1.63 bits per heavy atom. The van der Waals surface area contributed by atoms with Gasteiger partial charge in [-0.2, -0.15) is 0 Å². The number of aryl methyl sites for hydroxylation is 1. The van der Waals surface area contributed by atoms with E-state index in [-0.39, 0.29) is 0 Å². The van der Waals surface area contributed by atoms with Gasteiger partial charge in [0.25, 0.3) is 0 Å². The van der Waals surface area contributed by atoms with Crippen LogP contribution in [0.15, 0.2) is 48.5 Å². The summed E-state index contributed by atoms with van der Waals surface area (Å²) in [6.45, 7) is 11.6. The lowest BCUT2D eigenvalue weighted by Gasteiger charge is -2.34. The highest BCUT2D eigenvalue weighted by atomic mass is 16.2. The highest BCUT2D eigenvalue weighted by Gasteiger charge is 2.26. The number of anilines is 2. The lowest BCUT2D eigenvalue weighted by molar-refractivity contribution is -0.144. The molecule has 1 saturated heterocycles. The van der Waals surface area contributed by atoms with Crippen LogP contribution in [-0.2, 0) is 16.1 Å². The van der Waals surface area contributed by atoms with Crippen LogP contribution in [0.25, 0.3) is 0 Å². The second kappa shape index (κ2) is 10.3. The molecule has 3 rings (SSSR count). The quantitative estimate of drug-likeness (QED) is 0.746. The molecule has 2 aromatic carbocycles. The number of carbonyl (C=O) groups is 2. The zero-order chi connectivity index (χ0) is 21.5. The first kappa shape index (κ1) is 21.8. The third-order valence-electron chi connectivity index (χ3n) is 5.69. The smallest absolute Gasteiger partial charge is 0.313 e. The van der Waals surface area contributed by atoms with Crippen LogP contribution in [0.4, 0.5) is 11.4 Å². The summed E-state index contributed by atoms with van der Waals surface area (Å²) in [5, 5.41) is 2.80. The molecule has 160 valence electrons. The van der Waals surface area contributed by atoms with Crippen molar-refractivity contribution in [3.63, 3.8) is 0 Å². The Labute approximate surface area is 179 Å². The molecule has 0 aliphatic carbocycles. The number of piperazine rings is 1. The zero-order valence-electron chi connectivity index (χ0n) is 18.2. The molecule has 2 aromatic rings.